The van der Waals surface area contributed by atoms with E-state index in [1.54, 1.807) is 0 Å². The van der Waals surface area contributed by atoms with Crippen LogP contribution in [0.15, 0.2) is 0 Å². The summed E-state index contributed by atoms with van der Waals surface area (Å²) in [6, 6.07) is 0. The summed E-state index contributed by atoms with van der Waals surface area (Å²) < 4.78 is 7.94. The Hall–Kier alpha value is 0.220. The SMILES string of the molecule is Ic1nnsn1. The predicted molar refractivity (Wildman–Crippen MR) is 30.4 cm³/mol. The molecule has 0 fully saturated rings. The molecular weight excluding hydrogens is 213 g/mol. The first-order valence-electron chi connectivity index (χ1n) is 1.20. The van der Waals surface area contributed by atoms with Crippen molar-refractivity contribution >= 4 is 34.3 Å². The molecule has 0 spiro atoms. The molecular formula is CIN3S. The van der Waals surface area contributed by atoms with Crippen LogP contribution in [0, 0.1) is 3.83 Å². The second-order valence-electron chi connectivity index (χ2n) is 0.624. The molecule has 0 aliphatic heterocycles. The van der Waals surface area contributed by atoms with Gasteiger partial charge in [-0.3, -0.25) is 0 Å². The fraction of sp³-hybridized carbons (Fsp3) is 0. The highest BCUT2D eigenvalue weighted by atomic mass is 127. The van der Waals surface area contributed by atoms with Gasteiger partial charge in [-0.1, -0.05) is 4.49 Å². The lowest BCUT2D eigenvalue weighted by Crippen LogP contribution is -1.67. The lowest BCUT2D eigenvalue weighted by atomic mass is 11.5. The van der Waals surface area contributed by atoms with Crippen LogP contribution >= 0.6 is 34.3 Å². The molecule has 0 aliphatic rings. The smallest absolute Gasteiger partial charge is 0.145 e. The van der Waals surface area contributed by atoms with Crippen LogP contribution in [0.1, 0.15) is 0 Å². The van der Waals surface area contributed by atoms with Gasteiger partial charge in [0.1, 0.15) is 0 Å². The van der Waals surface area contributed by atoms with Crippen LogP contribution in [0.3, 0.4) is 0 Å². The van der Waals surface area contributed by atoms with E-state index in [-0.39, 0.29) is 0 Å². The van der Waals surface area contributed by atoms with Gasteiger partial charge in [0.25, 0.3) is 0 Å². The normalized spacial score (nSPS) is 8.83. The molecule has 0 bridgehead atoms. The molecule has 1 aromatic heterocycles. The van der Waals surface area contributed by atoms with E-state index in [0.29, 0.717) is 0 Å². The fourth-order valence-corrected chi connectivity index (χ4v) is 0.895. The molecule has 0 radical (unpaired) electrons. The van der Waals surface area contributed by atoms with E-state index in [1.165, 1.54) is 0 Å². The van der Waals surface area contributed by atoms with Gasteiger partial charge in [-0.05, 0) is 0 Å². The number of hydrogen-bond donors (Lipinski definition) is 0. The maximum atomic E-state index is 3.72. The van der Waals surface area contributed by atoms with Crippen LogP contribution in [0.2, 0.25) is 0 Å². The number of aromatic nitrogens is 3. The van der Waals surface area contributed by atoms with Crippen molar-refractivity contribution < 1.29 is 0 Å². The molecule has 0 aliphatic carbocycles. The highest BCUT2D eigenvalue weighted by Crippen LogP contribution is 1.91. The minimum absolute atomic E-state index is 0.720. The molecule has 0 unspecified atom stereocenters. The van der Waals surface area contributed by atoms with Crippen LogP contribution < -0.4 is 0 Å². The Morgan fingerprint density at radius 3 is 2.67 bits per heavy atom. The van der Waals surface area contributed by atoms with Gasteiger partial charge in [0, 0.05) is 22.6 Å². The molecule has 3 nitrogen and oxygen atoms in total. The second-order valence-corrected chi connectivity index (χ2v) is 2.10. The zero-order valence-electron chi connectivity index (χ0n) is 2.63. The van der Waals surface area contributed by atoms with E-state index in [0.717, 1.165) is 15.6 Å². The third-order valence-electron chi connectivity index (χ3n) is 0.276. The number of hydrogen-bond acceptors (Lipinski definition) is 4. The summed E-state index contributed by atoms with van der Waals surface area (Å²) in [7, 11) is 0. The first kappa shape index (κ1) is 4.38. The highest BCUT2D eigenvalue weighted by Gasteiger charge is 1.82. The van der Waals surface area contributed by atoms with Crippen molar-refractivity contribution in [3.63, 3.8) is 0 Å². The minimum Gasteiger partial charge on any atom is -0.145 e. The van der Waals surface area contributed by atoms with Crippen molar-refractivity contribution in [3.05, 3.63) is 3.83 Å². The third kappa shape index (κ3) is 0.839. The van der Waals surface area contributed by atoms with Crippen molar-refractivity contribution in [2.24, 2.45) is 0 Å². The molecule has 0 aromatic carbocycles. The van der Waals surface area contributed by atoms with Crippen molar-refractivity contribution in [3.8, 4) is 0 Å². The molecule has 1 heterocycles. The van der Waals surface area contributed by atoms with E-state index in [4.69, 9.17) is 0 Å². The van der Waals surface area contributed by atoms with Gasteiger partial charge in [-0.2, -0.15) is 0 Å². The molecule has 0 N–H and O–H groups in total. The molecule has 0 saturated heterocycles. The van der Waals surface area contributed by atoms with Crippen molar-refractivity contribution in [1.82, 2.24) is 14.0 Å². The molecule has 0 saturated carbocycles. The largest absolute Gasteiger partial charge is 0.225 e. The van der Waals surface area contributed by atoms with Gasteiger partial charge >= 0.3 is 0 Å². The van der Waals surface area contributed by atoms with Crippen molar-refractivity contribution in [2.75, 3.05) is 0 Å². The summed E-state index contributed by atoms with van der Waals surface area (Å²) in [5, 5.41) is 3.56. The maximum absolute atomic E-state index is 3.72. The molecule has 0 amide bonds. The standard InChI is InChI=1S/CIN3S/c2-1-3-5-6-4-1. The number of rotatable bonds is 0. The Kier molecular flexibility index (Phi) is 1.30. The van der Waals surface area contributed by atoms with Gasteiger partial charge < -0.3 is 0 Å². The Labute approximate surface area is 52.2 Å². The van der Waals surface area contributed by atoms with E-state index in [1.807, 2.05) is 22.6 Å². The summed E-state index contributed by atoms with van der Waals surface area (Å²) in [6.07, 6.45) is 0. The van der Waals surface area contributed by atoms with Crippen molar-refractivity contribution in [2.45, 2.75) is 0 Å². The van der Waals surface area contributed by atoms with E-state index in [9.17, 15) is 0 Å². The van der Waals surface area contributed by atoms with E-state index in [2.05, 4.69) is 14.0 Å². The summed E-state index contributed by atoms with van der Waals surface area (Å²) in [5.41, 5.74) is 0. The van der Waals surface area contributed by atoms with E-state index >= 15 is 0 Å². The highest BCUT2D eigenvalue weighted by molar-refractivity contribution is 14.1. The molecule has 1 aromatic rings. The van der Waals surface area contributed by atoms with Gasteiger partial charge in [0.2, 0.25) is 3.83 Å². The van der Waals surface area contributed by atoms with Crippen LogP contribution in [-0.4, -0.2) is 14.0 Å². The molecule has 0 atom stereocenters. The van der Waals surface area contributed by atoms with E-state index < -0.39 is 0 Å². The Morgan fingerprint density at radius 2 is 2.50 bits per heavy atom. The third-order valence-corrected chi connectivity index (χ3v) is 1.47. The number of halogens is 1. The zero-order valence-corrected chi connectivity index (χ0v) is 5.60. The Balaban J connectivity index is 3.05. The number of nitrogens with zero attached hydrogens (tertiary/aromatic N) is 3. The van der Waals surface area contributed by atoms with Crippen LogP contribution in [0.5, 0.6) is 0 Å². The van der Waals surface area contributed by atoms with Gasteiger partial charge in [-0.15, -0.1) is 9.47 Å². The first-order chi connectivity index (χ1) is 2.89. The monoisotopic (exact) mass is 213 g/mol. The second kappa shape index (κ2) is 1.78. The van der Waals surface area contributed by atoms with Gasteiger partial charge in [-0.25, -0.2) is 0 Å². The maximum Gasteiger partial charge on any atom is 0.225 e. The Bertz CT molecular complexity index is 114. The first-order valence-corrected chi connectivity index (χ1v) is 3.01. The lowest BCUT2D eigenvalue weighted by molar-refractivity contribution is 1.09. The minimum atomic E-state index is 0.720. The van der Waals surface area contributed by atoms with Crippen LogP contribution in [0.4, 0.5) is 0 Å². The topological polar surface area (TPSA) is 38.7 Å². The fourth-order valence-electron chi connectivity index (χ4n) is 0.122. The summed E-state index contributed by atoms with van der Waals surface area (Å²) in [5.74, 6) is 0. The zero-order chi connectivity index (χ0) is 4.41. The van der Waals surface area contributed by atoms with Gasteiger partial charge in [0.15, 0.2) is 0 Å². The van der Waals surface area contributed by atoms with Gasteiger partial charge in [0.05, 0.1) is 11.7 Å². The quantitative estimate of drug-likeness (QED) is 0.590. The average molecular weight is 213 g/mol. The van der Waals surface area contributed by atoms with Crippen LogP contribution in [-0.2, 0) is 0 Å². The molecule has 5 heteroatoms. The lowest BCUT2D eigenvalue weighted by Gasteiger charge is -1.56. The molecule has 32 valence electrons. The Morgan fingerprint density at radius 1 is 1.67 bits per heavy atom. The van der Waals surface area contributed by atoms with Crippen molar-refractivity contribution in [1.29, 1.82) is 0 Å². The summed E-state index contributed by atoms with van der Waals surface area (Å²) in [4.78, 5) is 0. The average Bonchev–Trinajstić information content (AvgIpc) is 1.86. The molecule has 1 rings (SSSR count). The molecule has 6 heavy (non-hydrogen) atoms. The predicted octanol–water partition coefficient (Wildman–Crippen LogP) is 0.538. The summed E-state index contributed by atoms with van der Waals surface area (Å²) >= 11 is 3.12. The summed E-state index contributed by atoms with van der Waals surface area (Å²) in [6.45, 7) is 0. The van der Waals surface area contributed by atoms with Crippen LogP contribution in [0.25, 0.3) is 0 Å².